The Morgan fingerprint density at radius 2 is 1.67 bits per heavy atom. The summed E-state index contributed by atoms with van der Waals surface area (Å²) in [6.45, 7) is 6.46. The highest BCUT2D eigenvalue weighted by molar-refractivity contribution is 7.86. The Morgan fingerprint density at radius 3 is 2.27 bits per heavy atom. The molecule has 3 rings (SSSR count). The molecule has 2 aliphatic heterocycles. The zero-order valence-electron chi connectivity index (χ0n) is 18.7. The van der Waals surface area contributed by atoms with Crippen LogP contribution in [-0.2, 0) is 24.5 Å². The van der Waals surface area contributed by atoms with Gasteiger partial charge in [0.1, 0.15) is 0 Å². The Hall–Kier alpha value is -0.780. The van der Waals surface area contributed by atoms with Crippen molar-refractivity contribution in [2.75, 3.05) is 60.0 Å². The molecule has 2 heterocycles. The van der Waals surface area contributed by atoms with Gasteiger partial charge in [-0.15, -0.1) is 0 Å². The fourth-order valence-corrected chi connectivity index (χ4v) is 5.82. The van der Waals surface area contributed by atoms with E-state index >= 15 is 0 Å². The maximum atomic E-state index is 12.3. The van der Waals surface area contributed by atoms with E-state index in [1.807, 2.05) is 6.92 Å². The molecule has 1 aliphatic carbocycles. The van der Waals surface area contributed by atoms with Gasteiger partial charge in [0, 0.05) is 52.9 Å². The van der Waals surface area contributed by atoms with E-state index in [-0.39, 0.29) is 18.0 Å². The first-order valence-electron chi connectivity index (χ1n) is 11.3. The maximum absolute atomic E-state index is 12.3. The topological polar surface area (TPSA) is 82.6 Å². The zero-order valence-corrected chi connectivity index (χ0v) is 19.5. The Kier molecular flexibility index (Phi) is 8.51. The normalized spacial score (nSPS) is 30.1. The van der Waals surface area contributed by atoms with E-state index in [4.69, 9.17) is 9.47 Å². The summed E-state index contributed by atoms with van der Waals surface area (Å²) in [5.41, 5.74) is 0. The standard InChI is InChI=1S/C20H38N4O5S/c1-4-28-20(25)17-7-9-19(10-8-17)29-16-18-6-5-11-24(18)22-12-14-23(15-13-22)30(26,27)21(2)3/h17-19H,4-16H2,1-3H3/t17-,18-,19-/m0/s1. The molecule has 0 bridgehead atoms. The highest BCUT2D eigenvalue weighted by atomic mass is 32.2. The van der Waals surface area contributed by atoms with Crippen LogP contribution in [0, 0.1) is 5.92 Å². The molecule has 9 nitrogen and oxygen atoms in total. The van der Waals surface area contributed by atoms with Crippen LogP contribution in [0.4, 0.5) is 0 Å². The van der Waals surface area contributed by atoms with Crippen molar-refractivity contribution < 1.29 is 22.7 Å². The average molecular weight is 447 g/mol. The lowest BCUT2D eigenvalue weighted by Crippen LogP contribution is -2.58. The van der Waals surface area contributed by atoms with Crippen LogP contribution in [0.1, 0.15) is 45.4 Å². The van der Waals surface area contributed by atoms with Crippen molar-refractivity contribution in [3.8, 4) is 0 Å². The first-order chi connectivity index (χ1) is 14.3. The van der Waals surface area contributed by atoms with Gasteiger partial charge in [0.2, 0.25) is 0 Å². The molecule has 2 saturated heterocycles. The summed E-state index contributed by atoms with van der Waals surface area (Å²) in [5, 5.41) is 4.70. The lowest BCUT2D eigenvalue weighted by atomic mass is 9.87. The Labute approximate surface area is 181 Å². The van der Waals surface area contributed by atoms with Gasteiger partial charge in [-0.05, 0) is 45.4 Å². The molecule has 0 spiro atoms. The fourth-order valence-electron chi connectivity index (χ4n) is 4.73. The first kappa shape index (κ1) is 23.9. The van der Waals surface area contributed by atoms with Crippen molar-refractivity contribution >= 4 is 16.2 Å². The molecule has 1 atom stereocenters. The van der Waals surface area contributed by atoms with E-state index in [2.05, 4.69) is 10.0 Å². The molecule has 0 aromatic rings. The lowest BCUT2D eigenvalue weighted by Gasteiger charge is -2.42. The van der Waals surface area contributed by atoms with Gasteiger partial charge in [-0.2, -0.15) is 17.0 Å². The molecule has 3 fully saturated rings. The van der Waals surface area contributed by atoms with E-state index in [0.29, 0.717) is 45.4 Å². The van der Waals surface area contributed by atoms with Crippen molar-refractivity contribution in [2.24, 2.45) is 5.92 Å². The molecule has 0 aromatic carbocycles. The summed E-state index contributed by atoms with van der Waals surface area (Å²) in [7, 11) is -0.178. The average Bonchev–Trinajstić information content (AvgIpc) is 3.21. The number of carbonyl (C=O) groups is 1. The molecular formula is C20H38N4O5S. The number of rotatable bonds is 8. The molecule has 0 radical (unpaired) electrons. The largest absolute Gasteiger partial charge is 0.466 e. The van der Waals surface area contributed by atoms with Crippen molar-refractivity contribution in [2.45, 2.75) is 57.6 Å². The molecule has 0 N–H and O–H groups in total. The van der Waals surface area contributed by atoms with Gasteiger partial charge in [-0.3, -0.25) is 4.79 Å². The van der Waals surface area contributed by atoms with Gasteiger partial charge >= 0.3 is 5.97 Å². The predicted molar refractivity (Wildman–Crippen MR) is 114 cm³/mol. The smallest absolute Gasteiger partial charge is 0.308 e. The van der Waals surface area contributed by atoms with Crippen molar-refractivity contribution in [1.29, 1.82) is 0 Å². The SMILES string of the molecule is CCOC(=O)[C@H]1CC[C@H](OC[C@@H]2CCCN2N2CCN(S(=O)(=O)N(C)C)CC2)CC1. The van der Waals surface area contributed by atoms with Crippen LogP contribution in [0.3, 0.4) is 0 Å². The van der Waals surface area contributed by atoms with Gasteiger partial charge in [0.25, 0.3) is 10.2 Å². The van der Waals surface area contributed by atoms with E-state index < -0.39 is 10.2 Å². The molecule has 1 saturated carbocycles. The van der Waals surface area contributed by atoms with Crippen molar-refractivity contribution in [3.05, 3.63) is 0 Å². The minimum Gasteiger partial charge on any atom is -0.466 e. The summed E-state index contributed by atoms with van der Waals surface area (Å²) in [4.78, 5) is 11.9. The third-order valence-corrected chi connectivity index (χ3v) is 8.47. The number of carbonyl (C=O) groups excluding carboxylic acids is 1. The van der Waals surface area contributed by atoms with Gasteiger partial charge in [-0.1, -0.05) is 0 Å². The first-order valence-corrected chi connectivity index (χ1v) is 12.7. The Bertz CT molecular complexity index is 658. The molecule has 30 heavy (non-hydrogen) atoms. The molecule has 0 amide bonds. The fraction of sp³-hybridized carbons (Fsp3) is 0.950. The van der Waals surface area contributed by atoms with Crippen LogP contribution in [0.15, 0.2) is 0 Å². The van der Waals surface area contributed by atoms with Gasteiger partial charge in [0.05, 0.1) is 25.2 Å². The second-order valence-electron chi connectivity index (χ2n) is 8.66. The summed E-state index contributed by atoms with van der Waals surface area (Å²) in [6, 6.07) is 0.352. The Balaban J connectivity index is 1.42. The molecular weight excluding hydrogens is 408 g/mol. The van der Waals surface area contributed by atoms with Crippen LogP contribution < -0.4 is 0 Å². The molecule has 0 aromatic heterocycles. The molecule has 3 aliphatic rings. The van der Waals surface area contributed by atoms with Crippen LogP contribution >= 0.6 is 0 Å². The second-order valence-corrected chi connectivity index (χ2v) is 10.8. The van der Waals surface area contributed by atoms with Gasteiger partial charge in [-0.25, -0.2) is 10.0 Å². The lowest BCUT2D eigenvalue weighted by molar-refractivity contribution is -0.150. The zero-order chi connectivity index (χ0) is 21.7. The van der Waals surface area contributed by atoms with E-state index in [1.165, 1.54) is 4.31 Å². The van der Waals surface area contributed by atoms with Crippen molar-refractivity contribution in [1.82, 2.24) is 18.6 Å². The van der Waals surface area contributed by atoms with Crippen molar-refractivity contribution in [3.63, 3.8) is 0 Å². The number of ether oxygens (including phenoxy) is 2. The van der Waals surface area contributed by atoms with Crippen LogP contribution in [-0.4, -0.2) is 105 Å². The number of esters is 1. The summed E-state index contributed by atoms with van der Waals surface area (Å²) in [5.74, 6) is -0.0316. The number of hydrazine groups is 1. The summed E-state index contributed by atoms with van der Waals surface area (Å²) < 4.78 is 38.9. The van der Waals surface area contributed by atoms with Crippen LogP contribution in [0.5, 0.6) is 0 Å². The summed E-state index contributed by atoms with van der Waals surface area (Å²) in [6.07, 6.45) is 5.99. The maximum Gasteiger partial charge on any atom is 0.308 e. The minimum absolute atomic E-state index is 0.0301. The number of piperazine rings is 1. The number of hydrogen-bond acceptors (Lipinski definition) is 7. The molecule has 10 heteroatoms. The highest BCUT2D eigenvalue weighted by Crippen LogP contribution is 2.29. The third-order valence-electron chi connectivity index (χ3n) is 6.53. The number of hydrogen-bond donors (Lipinski definition) is 0. The quantitative estimate of drug-likeness (QED) is 0.513. The number of nitrogens with zero attached hydrogens (tertiary/aromatic N) is 4. The monoisotopic (exact) mass is 446 g/mol. The van der Waals surface area contributed by atoms with Crippen LogP contribution in [0.25, 0.3) is 0 Å². The van der Waals surface area contributed by atoms with E-state index in [1.54, 1.807) is 18.4 Å². The molecule has 0 unspecified atom stereocenters. The van der Waals surface area contributed by atoms with Gasteiger partial charge in [0.15, 0.2) is 0 Å². The second kappa shape index (κ2) is 10.7. The summed E-state index contributed by atoms with van der Waals surface area (Å²) >= 11 is 0. The molecule has 174 valence electrons. The van der Waals surface area contributed by atoms with Crippen LogP contribution in [0.2, 0.25) is 0 Å². The minimum atomic E-state index is -3.34. The predicted octanol–water partition coefficient (Wildman–Crippen LogP) is 0.928. The highest BCUT2D eigenvalue weighted by Gasteiger charge is 2.35. The Morgan fingerprint density at radius 1 is 1.00 bits per heavy atom. The van der Waals surface area contributed by atoms with Gasteiger partial charge < -0.3 is 9.47 Å². The van der Waals surface area contributed by atoms with E-state index in [0.717, 1.165) is 45.1 Å². The van der Waals surface area contributed by atoms with E-state index in [9.17, 15) is 13.2 Å². The third kappa shape index (κ3) is 5.72.